The van der Waals surface area contributed by atoms with Gasteiger partial charge in [-0.15, -0.1) is 0 Å². The van der Waals surface area contributed by atoms with Crippen LogP contribution in [0.2, 0.25) is 0 Å². The molecule has 0 aromatic heterocycles. The number of hydrogen-bond donors (Lipinski definition) is 2. The third-order valence-corrected chi connectivity index (χ3v) is 5.25. The Bertz CT molecular complexity index is 1040. The van der Waals surface area contributed by atoms with Gasteiger partial charge in [0.1, 0.15) is 5.75 Å². The number of carbonyl (C=O) groups excluding carboxylic acids is 2. The molecule has 2 N–H and O–H groups in total. The van der Waals surface area contributed by atoms with Crippen LogP contribution >= 0.6 is 15.9 Å². The number of benzene rings is 3. The zero-order valence-corrected chi connectivity index (χ0v) is 18.9. The van der Waals surface area contributed by atoms with Gasteiger partial charge in [0.2, 0.25) is 0 Å². The second-order valence-corrected chi connectivity index (χ2v) is 7.90. The van der Waals surface area contributed by atoms with Crippen molar-refractivity contribution in [3.8, 4) is 5.75 Å². The number of anilines is 1. The van der Waals surface area contributed by atoms with Gasteiger partial charge in [0, 0.05) is 23.4 Å². The van der Waals surface area contributed by atoms with E-state index in [1.807, 2.05) is 30.3 Å². The minimum atomic E-state index is -0.261. The predicted octanol–water partition coefficient (Wildman–Crippen LogP) is 5.81. The maximum absolute atomic E-state index is 12.7. The topological polar surface area (TPSA) is 67.4 Å². The lowest BCUT2D eigenvalue weighted by molar-refractivity contribution is 0.0949. The average Bonchev–Trinajstić information content (AvgIpc) is 2.79. The highest BCUT2D eigenvalue weighted by Gasteiger charge is 2.12. The van der Waals surface area contributed by atoms with E-state index >= 15 is 0 Å². The molecule has 2 amide bonds. The van der Waals surface area contributed by atoms with Gasteiger partial charge in [-0.1, -0.05) is 49.7 Å². The van der Waals surface area contributed by atoms with Crippen molar-refractivity contribution in [2.45, 2.75) is 26.3 Å². The van der Waals surface area contributed by atoms with Crippen LogP contribution in [0.4, 0.5) is 5.69 Å². The van der Waals surface area contributed by atoms with Crippen LogP contribution in [0.3, 0.4) is 0 Å². The molecule has 0 unspecified atom stereocenters. The minimum absolute atomic E-state index is 0.198. The van der Waals surface area contributed by atoms with Crippen LogP contribution in [0, 0.1) is 0 Å². The summed E-state index contributed by atoms with van der Waals surface area (Å²) in [6, 6.07) is 21.8. The molecule has 0 saturated carbocycles. The van der Waals surface area contributed by atoms with E-state index < -0.39 is 0 Å². The standard InChI is InChI=1S/C25H25BrN2O3/c1-2-3-14-31-23-13-12-20(16-22(23)26)25(30)28-21-11-7-10-19(15-21)24(29)27-17-18-8-5-4-6-9-18/h4-13,15-16H,2-3,14,17H2,1H3,(H,27,29)(H,28,30). The summed E-state index contributed by atoms with van der Waals surface area (Å²) >= 11 is 3.46. The third-order valence-electron chi connectivity index (χ3n) is 4.63. The van der Waals surface area contributed by atoms with Gasteiger partial charge in [0.05, 0.1) is 11.1 Å². The maximum Gasteiger partial charge on any atom is 0.255 e. The monoisotopic (exact) mass is 480 g/mol. The Balaban J connectivity index is 1.61. The molecule has 0 radical (unpaired) electrons. The van der Waals surface area contributed by atoms with Crippen LogP contribution in [-0.2, 0) is 6.54 Å². The van der Waals surface area contributed by atoms with Crippen LogP contribution in [0.1, 0.15) is 46.0 Å². The van der Waals surface area contributed by atoms with Gasteiger partial charge < -0.3 is 15.4 Å². The summed E-state index contributed by atoms with van der Waals surface area (Å²) in [5.74, 6) is 0.251. The van der Waals surface area contributed by atoms with Crippen LogP contribution in [0.15, 0.2) is 77.3 Å². The SMILES string of the molecule is CCCCOc1ccc(C(=O)Nc2cccc(C(=O)NCc3ccccc3)c2)cc1Br. The van der Waals surface area contributed by atoms with Crippen molar-refractivity contribution in [2.75, 3.05) is 11.9 Å². The van der Waals surface area contributed by atoms with Crippen LogP contribution in [0.5, 0.6) is 5.75 Å². The molecule has 3 aromatic rings. The van der Waals surface area contributed by atoms with E-state index in [-0.39, 0.29) is 11.8 Å². The quantitative estimate of drug-likeness (QED) is 0.379. The Morgan fingerprint density at radius 3 is 2.42 bits per heavy atom. The number of amides is 2. The number of hydrogen-bond acceptors (Lipinski definition) is 3. The molecule has 160 valence electrons. The van der Waals surface area contributed by atoms with Gasteiger partial charge in [-0.25, -0.2) is 0 Å². The fourth-order valence-corrected chi connectivity index (χ4v) is 3.40. The summed E-state index contributed by atoms with van der Waals surface area (Å²) in [6.45, 7) is 3.19. The van der Waals surface area contributed by atoms with Gasteiger partial charge >= 0.3 is 0 Å². The predicted molar refractivity (Wildman–Crippen MR) is 127 cm³/mol. The van der Waals surface area contributed by atoms with E-state index in [1.54, 1.807) is 42.5 Å². The second-order valence-electron chi connectivity index (χ2n) is 7.05. The lowest BCUT2D eigenvalue weighted by Crippen LogP contribution is -2.23. The molecule has 5 nitrogen and oxygen atoms in total. The summed E-state index contributed by atoms with van der Waals surface area (Å²) in [7, 11) is 0. The molecule has 0 aliphatic rings. The molecule has 31 heavy (non-hydrogen) atoms. The van der Waals surface area contributed by atoms with Gasteiger partial charge in [-0.2, -0.15) is 0 Å². The molecule has 3 aromatic carbocycles. The molecule has 3 rings (SSSR count). The molecule has 6 heteroatoms. The summed E-state index contributed by atoms with van der Waals surface area (Å²) in [4.78, 5) is 25.1. The van der Waals surface area contributed by atoms with Crippen molar-refractivity contribution < 1.29 is 14.3 Å². The largest absolute Gasteiger partial charge is 0.492 e. The highest BCUT2D eigenvalue weighted by Crippen LogP contribution is 2.26. The van der Waals surface area contributed by atoms with E-state index in [0.717, 1.165) is 22.9 Å². The van der Waals surface area contributed by atoms with Gasteiger partial charge in [0.15, 0.2) is 0 Å². The van der Waals surface area contributed by atoms with Crippen molar-refractivity contribution in [3.63, 3.8) is 0 Å². The molecule has 0 aliphatic carbocycles. The molecule has 0 fully saturated rings. The number of unbranched alkanes of at least 4 members (excludes halogenated alkanes) is 1. The molecule has 0 spiro atoms. The first-order valence-corrected chi connectivity index (χ1v) is 11.0. The van der Waals surface area contributed by atoms with Crippen molar-refractivity contribution >= 4 is 33.4 Å². The number of carbonyl (C=O) groups is 2. The lowest BCUT2D eigenvalue weighted by Gasteiger charge is -2.11. The molecule has 0 atom stereocenters. The Labute approximate surface area is 191 Å². The van der Waals surface area contributed by atoms with Gasteiger partial charge in [-0.05, 0) is 64.3 Å². The molecule has 0 heterocycles. The van der Waals surface area contributed by atoms with E-state index in [1.165, 1.54) is 0 Å². The molecular formula is C25H25BrN2O3. The first-order valence-electron chi connectivity index (χ1n) is 10.2. The smallest absolute Gasteiger partial charge is 0.255 e. The van der Waals surface area contributed by atoms with Gasteiger partial charge in [0.25, 0.3) is 11.8 Å². The van der Waals surface area contributed by atoms with E-state index in [0.29, 0.717) is 35.7 Å². The Hall–Kier alpha value is -3.12. The highest BCUT2D eigenvalue weighted by atomic mass is 79.9. The zero-order valence-electron chi connectivity index (χ0n) is 17.4. The fourth-order valence-electron chi connectivity index (χ4n) is 2.91. The summed E-state index contributed by atoms with van der Waals surface area (Å²) in [5, 5.41) is 5.74. The first-order chi connectivity index (χ1) is 15.1. The highest BCUT2D eigenvalue weighted by molar-refractivity contribution is 9.10. The van der Waals surface area contributed by atoms with Crippen LogP contribution < -0.4 is 15.4 Å². The summed E-state index contributed by atoms with van der Waals surface area (Å²) in [5.41, 5.74) is 2.55. The van der Waals surface area contributed by atoms with E-state index in [9.17, 15) is 9.59 Å². The normalized spacial score (nSPS) is 10.4. The third kappa shape index (κ3) is 6.69. The zero-order chi connectivity index (χ0) is 22.1. The Morgan fingerprint density at radius 2 is 1.68 bits per heavy atom. The Morgan fingerprint density at radius 1 is 0.903 bits per heavy atom. The number of rotatable bonds is 9. The van der Waals surface area contributed by atoms with Crippen molar-refractivity contribution in [1.29, 1.82) is 0 Å². The molecule has 0 saturated heterocycles. The van der Waals surface area contributed by atoms with Crippen molar-refractivity contribution in [2.24, 2.45) is 0 Å². The van der Waals surface area contributed by atoms with Crippen LogP contribution in [-0.4, -0.2) is 18.4 Å². The molecule has 0 aliphatic heterocycles. The number of ether oxygens (including phenoxy) is 1. The summed E-state index contributed by atoms with van der Waals surface area (Å²) < 4.78 is 6.43. The molecule has 0 bridgehead atoms. The maximum atomic E-state index is 12.7. The Kier molecular flexibility index (Phi) is 8.24. The van der Waals surface area contributed by atoms with Crippen molar-refractivity contribution in [1.82, 2.24) is 5.32 Å². The van der Waals surface area contributed by atoms with Crippen LogP contribution in [0.25, 0.3) is 0 Å². The van der Waals surface area contributed by atoms with Gasteiger partial charge in [-0.3, -0.25) is 9.59 Å². The van der Waals surface area contributed by atoms with Crippen molar-refractivity contribution in [3.05, 3.63) is 94.0 Å². The fraction of sp³-hybridized carbons (Fsp3) is 0.200. The lowest BCUT2D eigenvalue weighted by atomic mass is 10.1. The van der Waals surface area contributed by atoms with E-state index in [2.05, 4.69) is 33.5 Å². The number of halogens is 1. The number of nitrogens with one attached hydrogen (secondary N) is 2. The summed E-state index contributed by atoms with van der Waals surface area (Å²) in [6.07, 6.45) is 2.03. The molecular weight excluding hydrogens is 456 g/mol. The average molecular weight is 481 g/mol. The minimum Gasteiger partial charge on any atom is -0.492 e. The second kappa shape index (κ2) is 11.3. The first kappa shape index (κ1) is 22.6. The van der Waals surface area contributed by atoms with E-state index in [4.69, 9.17) is 4.74 Å².